The van der Waals surface area contributed by atoms with Crippen LogP contribution in [0.3, 0.4) is 0 Å². The molecule has 3 rings (SSSR count). The summed E-state index contributed by atoms with van der Waals surface area (Å²) >= 11 is 0. The number of nitrogens with zero attached hydrogens (tertiary/aromatic N) is 2. The molecule has 0 radical (unpaired) electrons. The summed E-state index contributed by atoms with van der Waals surface area (Å²) in [6.45, 7) is 3.72. The second-order valence-electron chi connectivity index (χ2n) is 7.83. The normalized spacial score (nSPS) is 21.8. The Hall–Kier alpha value is -1.87. The van der Waals surface area contributed by atoms with Crippen LogP contribution in [-0.2, 0) is 27.8 Å². The Bertz CT molecular complexity index is 857. The van der Waals surface area contributed by atoms with Crippen LogP contribution >= 0.6 is 0 Å². The van der Waals surface area contributed by atoms with E-state index in [1.165, 1.54) is 6.07 Å². The van der Waals surface area contributed by atoms with Gasteiger partial charge in [-0.3, -0.25) is 4.79 Å². The van der Waals surface area contributed by atoms with Crippen molar-refractivity contribution in [2.75, 3.05) is 10.8 Å². The van der Waals surface area contributed by atoms with Crippen molar-refractivity contribution in [2.45, 2.75) is 52.4 Å². The van der Waals surface area contributed by atoms with Crippen LogP contribution in [-0.4, -0.2) is 30.4 Å². The highest BCUT2D eigenvalue weighted by Gasteiger charge is 2.44. The summed E-state index contributed by atoms with van der Waals surface area (Å²) in [6, 6.07) is 1.41. The quantitative estimate of drug-likeness (QED) is 0.584. The van der Waals surface area contributed by atoms with Crippen LogP contribution in [0.25, 0.3) is 0 Å². The number of aromatic hydroxyl groups is 1. The highest BCUT2D eigenvalue weighted by Crippen LogP contribution is 2.42. The van der Waals surface area contributed by atoms with Crippen molar-refractivity contribution in [3.8, 4) is 5.75 Å². The Morgan fingerprint density at radius 2 is 2.11 bits per heavy atom. The number of halogens is 1. The van der Waals surface area contributed by atoms with Crippen molar-refractivity contribution in [3.63, 3.8) is 0 Å². The molecule has 1 amide bonds. The Morgan fingerprint density at radius 3 is 2.70 bits per heavy atom. The fourth-order valence-corrected chi connectivity index (χ4v) is 5.12. The van der Waals surface area contributed by atoms with Gasteiger partial charge in [-0.1, -0.05) is 33.1 Å². The van der Waals surface area contributed by atoms with Crippen molar-refractivity contribution in [1.29, 1.82) is 0 Å². The molecule has 1 aromatic rings. The number of fused-ring (bicyclic) bond motifs is 1. The van der Waals surface area contributed by atoms with Gasteiger partial charge < -0.3 is 5.11 Å². The molecule has 1 aliphatic heterocycles. The van der Waals surface area contributed by atoms with Crippen LogP contribution in [0.5, 0.6) is 5.75 Å². The molecule has 1 unspecified atom stereocenters. The van der Waals surface area contributed by atoms with Gasteiger partial charge in [0.05, 0.1) is 0 Å². The van der Waals surface area contributed by atoms with E-state index in [-0.39, 0.29) is 4.41 Å². The molecular formula is C18H26FN3O4S. The number of hydrogen-bond acceptors (Lipinski definition) is 5. The van der Waals surface area contributed by atoms with E-state index in [2.05, 4.69) is 13.8 Å². The van der Waals surface area contributed by atoms with E-state index in [0.29, 0.717) is 40.1 Å². The van der Waals surface area contributed by atoms with E-state index in [0.717, 1.165) is 25.7 Å². The predicted molar refractivity (Wildman–Crippen MR) is 99.6 cm³/mol. The van der Waals surface area contributed by atoms with Crippen LogP contribution in [0.1, 0.15) is 50.7 Å². The van der Waals surface area contributed by atoms with Gasteiger partial charge in [-0.05, 0) is 48.3 Å². The molecule has 3 N–H and O–H groups in total. The first-order valence-electron chi connectivity index (χ1n) is 9.26. The molecule has 1 fully saturated rings. The number of hydrogen-bond donors (Lipinski definition) is 2. The second kappa shape index (κ2) is 7.27. The van der Waals surface area contributed by atoms with Crippen molar-refractivity contribution in [3.05, 3.63) is 23.0 Å². The molecule has 9 heteroatoms. The van der Waals surface area contributed by atoms with E-state index < -0.39 is 39.9 Å². The Kier molecular flexibility index (Phi) is 5.36. The van der Waals surface area contributed by atoms with Gasteiger partial charge in [-0.25, -0.2) is 14.5 Å². The SMILES string of the molecule is CC(C)CCCC1CCc2cc(O)c(N3CC(=O)N(N)S3(=O)=O)c(F)c2C1. The first-order valence-corrected chi connectivity index (χ1v) is 10.7. The molecule has 1 heterocycles. The average Bonchev–Trinajstić information content (AvgIpc) is 2.78. The third kappa shape index (κ3) is 3.62. The van der Waals surface area contributed by atoms with Crippen LogP contribution in [0.4, 0.5) is 10.1 Å². The second-order valence-corrected chi connectivity index (χ2v) is 9.56. The molecule has 0 aromatic heterocycles. The zero-order valence-electron chi connectivity index (χ0n) is 15.6. The van der Waals surface area contributed by atoms with E-state index in [9.17, 15) is 18.3 Å². The summed E-state index contributed by atoms with van der Waals surface area (Å²) in [5.74, 6) is 4.08. The maximum atomic E-state index is 15.3. The maximum Gasteiger partial charge on any atom is 0.343 e. The smallest absolute Gasteiger partial charge is 0.343 e. The van der Waals surface area contributed by atoms with E-state index in [4.69, 9.17) is 5.84 Å². The third-order valence-corrected chi connectivity index (χ3v) is 6.99. The van der Waals surface area contributed by atoms with Gasteiger partial charge in [-0.2, -0.15) is 12.8 Å². The number of rotatable bonds is 5. The molecule has 150 valence electrons. The number of aryl methyl sites for hydroxylation is 1. The Morgan fingerprint density at radius 1 is 1.41 bits per heavy atom. The summed E-state index contributed by atoms with van der Waals surface area (Å²) in [6.07, 6.45) is 5.24. The lowest BCUT2D eigenvalue weighted by atomic mass is 9.80. The highest BCUT2D eigenvalue weighted by molar-refractivity contribution is 7.91. The van der Waals surface area contributed by atoms with Gasteiger partial charge in [0, 0.05) is 0 Å². The number of amides is 1. The number of benzene rings is 1. The van der Waals surface area contributed by atoms with Crippen molar-refractivity contribution < 1.29 is 22.7 Å². The lowest BCUT2D eigenvalue weighted by molar-refractivity contribution is -0.124. The molecular weight excluding hydrogens is 373 g/mol. The molecule has 1 saturated heterocycles. The van der Waals surface area contributed by atoms with Crippen LogP contribution in [0.15, 0.2) is 6.07 Å². The van der Waals surface area contributed by atoms with Gasteiger partial charge in [-0.15, -0.1) is 0 Å². The molecule has 7 nitrogen and oxygen atoms in total. The summed E-state index contributed by atoms with van der Waals surface area (Å²) < 4.78 is 40.4. The minimum Gasteiger partial charge on any atom is -0.506 e. The minimum absolute atomic E-state index is 0.0834. The van der Waals surface area contributed by atoms with Crippen LogP contribution in [0.2, 0.25) is 0 Å². The van der Waals surface area contributed by atoms with Crippen molar-refractivity contribution in [1.82, 2.24) is 4.41 Å². The number of phenols is 1. The summed E-state index contributed by atoms with van der Waals surface area (Å²) in [4.78, 5) is 11.7. The summed E-state index contributed by atoms with van der Waals surface area (Å²) in [5, 5.41) is 10.3. The fraction of sp³-hybridized carbons (Fsp3) is 0.611. The number of carbonyl (C=O) groups excluding carboxylic acids is 1. The maximum absolute atomic E-state index is 15.3. The number of carbonyl (C=O) groups is 1. The van der Waals surface area contributed by atoms with Gasteiger partial charge in [0.2, 0.25) is 0 Å². The molecule has 1 aliphatic carbocycles. The van der Waals surface area contributed by atoms with E-state index in [1.807, 2.05) is 0 Å². The number of anilines is 1. The number of phenolic OH excluding ortho intramolecular Hbond substituents is 1. The van der Waals surface area contributed by atoms with E-state index >= 15 is 4.39 Å². The lowest BCUT2D eigenvalue weighted by Gasteiger charge is -2.28. The first-order chi connectivity index (χ1) is 12.6. The van der Waals surface area contributed by atoms with Crippen LogP contribution < -0.4 is 10.1 Å². The van der Waals surface area contributed by atoms with Crippen molar-refractivity contribution in [2.24, 2.45) is 17.7 Å². The zero-order chi connectivity index (χ0) is 19.9. The molecule has 0 saturated carbocycles. The Balaban J connectivity index is 1.90. The third-order valence-electron chi connectivity index (χ3n) is 5.42. The monoisotopic (exact) mass is 399 g/mol. The summed E-state index contributed by atoms with van der Waals surface area (Å²) in [7, 11) is -4.38. The summed E-state index contributed by atoms with van der Waals surface area (Å²) in [5.41, 5.74) is 0.640. The number of hydrazine groups is 1. The lowest BCUT2D eigenvalue weighted by Crippen LogP contribution is -2.39. The first kappa shape index (κ1) is 19.9. The number of nitrogens with two attached hydrogens (primary N) is 1. The highest BCUT2D eigenvalue weighted by atomic mass is 32.2. The molecule has 1 aromatic carbocycles. The largest absolute Gasteiger partial charge is 0.506 e. The van der Waals surface area contributed by atoms with Gasteiger partial charge in [0.25, 0.3) is 5.91 Å². The molecule has 0 bridgehead atoms. The van der Waals surface area contributed by atoms with Gasteiger partial charge in [0.15, 0.2) is 5.82 Å². The molecule has 27 heavy (non-hydrogen) atoms. The van der Waals surface area contributed by atoms with Crippen LogP contribution in [0, 0.1) is 17.7 Å². The van der Waals surface area contributed by atoms with E-state index in [1.54, 1.807) is 0 Å². The minimum atomic E-state index is -4.38. The topological polar surface area (TPSA) is 104 Å². The molecule has 0 spiro atoms. The zero-order valence-corrected chi connectivity index (χ0v) is 16.4. The molecule has 2 aliphatic rings. The molecule has 1 atom stereocenters. The van der Waals surface area contributed by atoms with Gasteiger partial charge in [0.1, 0.15) is 18.0 Å². The average molecular weight is 399 g/mol. The Labute approximate surface area is 159 Å². The predicted octanol–water partition coefficient (Wildman–Crippen LogP) is 2.23. The van der Waals surface area contributed by atoms with Gasteiger partial charge >= 0.3 is 10.2 Å². The fourth-order valence-electron chi connectivity index (χ4n) is 3.91. The van der Waals surface area contributed by atoms with Crippen molar-refractivity contribution >= 4 is 21.8 Å². The standard InChI is InChI=1S/C18H26FN3O4S/c1-11(2)4-3-5-12-6-7-13-9-15(23)18(17(19)14(13)8-12)21-10-16(24)22(20)27(21,25)26/h9,11-12,23H,3-8,10,20H2,1-2H3.